The first kappa shape index (κ1) is 15.1. The maximum absolute atomic E-state index is 11.7. The second kappa shape index (κ2) is 8.08. The highest BCUT2D eigenvalue weighted by molar-refractivity contribution is 8.03. The van der Waals surface area contributed by atoms with E-state index in [0.717, 1.165) is 33.9 Å². The average molecular weight is 319 g/mol. The fraction of sp³-hybridized carbons (Fsp3) is 0.727. The van der Waals surface area contributed by atoms with E-state index in [1.54, 1.807) is 23.1 Å². The summed E-state index contributed by atoms with van der Waals surface area (Å²) in [7, 11) is 0. The third-order valence-electron chi connectivity index (χ3n) is 2.53. The van der Waals surface area contributed by atoms with Crippen molar-refractivity contribution in [3.63, 3.8) is 0 Å². The molecule has 0 unspecified atom stereocenters. The maximum Gasteiger partial charge on any atom is 0.230 e. The third-order valence-corrected chi connectivity index (χ3v) is 5.61. The maximum atomic E-state index is 11.7. The largest absolute Gasteiger partial charge is 0.376 e. The van der Waals surface area contributed by atoms with Gasteiger partial charge in [-0.05, 0) is 18.6 Å². The molecule has 0 spiro atoms. The third kappa shape index (κ3) is 5.29. The van der Waals surface area contributed by atoms with E-state index < -0.39 is 0 Å². The average Bonchev–Trinajstić information content (AvgIpc) is 3.05. The Balaban J connectivity index is 1.64. The predicted molar refractivity (Wildman–Crippen MR) is 79.0 cm³/mol. The minimum absolute atomic E-state index is 0.0281. The number of thioether (sulfide) groups is 2. The van der Waals surface area contributed by atoms with Crippen molar-refractivity contribution < 1.29 is 9.53 Å². The summed E-state index contributed by atoms with van der Waals surface area (Å²) in [5.41, 5.74) is 0. The zero-order chi connectivity index (χ0) is 13.5. The zero-order valence-electron chi connectivity index (χ0n) is 10.8. The highest BCUT2D eigenvalue weighted by atomic mass is 32.2. The number of ether oxygens (including phenoxy) is 1. The normalized spacial score (nSPS) is 18.7. The number of amides is 1. The number of rotatable bonds is 7. The molecule has 0 radical (unpaired) electrons. The molecule has 0 aliphatic carbocycles. The van der Waals surface area contributed by atoms with E-state index in [1.807, 2.05) is 0 Å². The quantitative estimate of drug-likeness (QED) is 0.776. The lowest BCUT2D eigenvalue weighted by atomic mass is 10.2. The zero-order valence-corrected chi connectivity index (χ0v) is 13.2. The van der Waals surface area contributed by atoms with Crippen molar-refractivity contribution >= 4 is 40.8 Å². The van der Waals surface area contributed by atoms with Gasteiger partial charge in [-0.3, -0.25) is 4.79 Å². The molecule has 1 atom stereocenters. The van der Waals surface area contributed by atoms with Crippen LogP contribution in [0.5, 0.6) is 0 Å². The van der Waals surface area contributed by atoms with Gasteiger partial charge in [0.05, 0.1) is 11.9 Å². The second-order valence-electron chi connectivity index (χ2n) is 3.99. The molecule has 0 aromatic carbocycles. The van der Waals surface area contributed by atoms with E-state index in [9.17, 15) is 4.79 Å². The van der Waals surface area contributed by atoms with Gasteiger partial charge in [-0.15, -0.1) is 10.2 Å². The van der Waals surface area contributed by atoms with Crippen LogP contribution in [0, 0.1) is 0 Å². The van der Waals surface area contributed by atoms with Gasteiger partial charge in [-0.25, -0.2) is 0 Å². The summed E-state index contributed by atoms with van der Waals surface area (Å²) < 4.78 is 7.26. The van der Waals surface area contributed by atoms with Gasteiger partial charge in [-0.2, -0.15) is 0 Å². The summed E-state index contributed by atoms with van der Waals surface area (Å²) in [5.74, 6) is 1.40. The van der Waals surface area contributed by atoms with Crippen LogP contribution >= 0.6 is 34.9 Å². The van der Waals surface area contributed by atoms with Crippen molar-refractivity contribution in [2.24, 2.45) is 0 Å². The van der Waals surface area contributed by atoms with Gasteiger partial charge >= 0.3 is 0 Å². The van der Waals surface area contributed by atoms with Gasteiger partial charge in [-0.1, -0.05) is 41.8 Å². The molecule has 1 N–H and O–H groups in total. The van der Waals surface area contributed by atoms with Crippen molar-refractivity contribution in [1.82, 2.24) is 15.5 Å². The van der Waals surface area contributed by atoms with Gasteiger partial charge in [0.2, 0.25) is 5.91 Å². The van der Waals surface area contributed by atoms with Crippen molar-refractivity contribution in [2.75, 3.05) is 24.7 Å². The number of carbonyl (C=O) groups is 1. The summed E-state index contributed by atoms with van der Waals surface area (Å²) in [6.45, 7) is 3.52. The molecule has 1 aromatic rings. The van der Waals surface area contributed by atoms with Gasteiger partial charge in [0.25, 0.3) is 0 Å². The molecule has 1 amide bonds. The number of hydrogen-bond donors (Lipinski definition) is 1. The predicted octanol–water partition coefficient (Wildman–Crippen LogP) is 2.04. The molecule has 1 aliphatic heterocycles. The van der Waals surface area contributed by atoms with Crippen LogP contribution in [0.4, 0.5) is 0 Å². The highest BCUT2D eigenvalue weighted by Crippen LogP contribution is 2.28. The Morgan fingerprint density at radius 2 is 2.26 bits per heavy atom. The topological polar surface area (TPSA) is 64.1 Å². The minimum Gasteiger partial charge on any atom is -0.376 e. The van der Waals surface area contributed by atoms with Crippen LogP contribution in [0.15, 0.2) is 8.68 Å². The van der Waals surface area contributed by atoms with Gasteiger partial charge in [0.15, 0.2) is 8.68 Å². The highest BCUT2D eigenvalue weighted by Gasteiger charge is 2.16. The molecule has 19 heavy (non-hydrogen) atoms. The molecule has 1 fully saturated rings. The van der Waals surface area contributed by atoms with E-state index in [-0.39, 0.29) is 12.0 Å². The summed E-state index contributed by atoms with van der Waals surface area (Å²) >= 11 is 4.65. The van der Waals surface area contributed by atoms with Crippen LogP contribution < -0.4 is 5.32 Å². The molecule has 0 saturated carbocycles. The number of aromatic nitrogens is 2. The van der Waals surface area contributed by atoms with E-state index in [2.05, 4.69) is 22.4 Å². The number of nitrogens with zero attached hydrogens (tertiary/aromatic N) is 2. The van der Waals surface area contributed by atoms with Crippen LogP contribution in [0.1, 0.15) is 19.8 Å². The number of carbonyl (C=O) groups excluding carboxylic acids is 1. The molecule has 1 aromatic heterocycles. The van der Waals surface area contributed by atoms with Crippen molar-refractivity contribution in [3.8, 4) is 0 Å². The smallest absolute Gasteiger partial charge is 0.230 e. The Hall–Kier alpha value is -0.310. The lowest BCUT2D eigenvalue weighted by molar-refractivity contribution is -0.119. The summed E-state index contributed by atoms with van der Waals surface area (Å²) in [4.78, 5) is 11.7. The van der Waals surface area contributed by atoms with Crippen molar-refractivity contribution in [2.45, 2.75) is 34.5 Å². The molecule has 5 nitrogen and oxygen atoms in total. The van der Waals surface area contributed by atoms with Crippen molar-refractivity contribution in [1.29, 1.82) is 0 Å². The fourth-order valence-electron chi connectivity index (χ4n) is 1.65. The fourth-order valence-corrected chi connectivity index (χ4v) is 4.40. The summed E-state index contributed by atoms with van der Waals surface area (Å²) in [6.07, 6.45) is 2.34. The molecule has 1 saturated heterocycles. The SMILES string of the molecule is CCSc1nnc(SCC(=O)NC[C@@H]2CCCO2)s1. The molecule has 2 rings (SSSR count). The first-order valence-electron chi connectivity index (χ1n) is 6.25. The van der Waals surface area contributed by atoms with Crippen LogP contribution in [0.25, 0.3) is 0 Å². The Labute approximate surface area is 125 Å². The Kier molecular flexibility index (Phi) is 6.42. The van der Waals surface area contributed by atoms with Gasteiger partial charge < -0.3 is 10.1 Å². The van der Waals surface area contributed by atoms with Crippen LogP contribution in [-0.4, -0.2) is 46.9 Å². The Bertz CT molecular complexity index is 408. The second-order valence-corrected chi connectivity index (χ2v) is 7.71. The molecule has 2 heterocycles. The van der Waals surface area contributed by atoms with E-state index >= 15 is 0 Å². The first-order valence-corrected chi connectivity index (χ1v) is 9.04. The molecule has 0 bridgehead atoms. The molecule has 1 aliphatic rings. The number of hydrogen-bond acceptors (Lipinski definition) is 7. The van der Waals surface area contributed by atoms with Gasteiger partial charge in [0, 0.05) is 13.2 Å². The van der Waals surface area contributed by atoms with E-state index in [4.69, 9.17) is 4.74 Å². The summed E-state index contributed by atoms with van der Waals surface area (Å²) in [5, 5.41) is 11.0. The molecular weight excluding hydrogens is 302 g/mol. The van der Waals surface area contributed by atoms with Gasteiger partial charge in [0.1, 0.15) is 0 Å². The standard InChI is InChI=1S/C11H17N3O2S3/c1-2-17-10-13-14-11(19-10)18-7-9(15)12-6-8-4-3-5-16-8/h8H,2-7H2,1H3,(H,12,15)/t8-/m0/s1. The number of nitrogens with one attached hydrogen (secondary N) is 1. The monoisotopic (exact) mass is 319 g/mol. The van der Waals surface area contributed by atoms with Crippen LogP contribution in [-0.2, 0) is 9.53 Å². The first-order chi connectivity index (χ1) is 9.28. The molecule has 106 valence electrons. The lowest BCUT2D eigenvalue weighted by Gasteiger charge is -2.09. The lowest BCUT2D eigenvalue weighted by Crippen LogP contribution is -2.32. The molecule has 8 heteroatoms. The van der Waals surface area contributed by atoms with Crippen molar-refractivity contribution in [3.05, 3.63) is 0 Å². The van der Waals surface area contributed by atoms with E-state index in [1.165, 1.54) is 11.8 Å². The Morgan fingerprint density at radius 1 is 1.47 bits per heavy atom. The Morgan fingerprint density at radius 3 is 2.95 bits per heavy atom. The van der Waals surface area contributed by atoms with Crippen LogP contribution in [0.3, 0.4) is 0 Å². The molecular formula is C11H17N3O2S3. The minimum atomic E-state index is 0.0281. The summed E-state index contributed by atoms with van der Waals surface area (Å²) in [6, 6.07) is 0. The van der Waals surface area contributed by atoms with E-state index in [0.29, 0.717) is 12.3 Å². The van der Waals surface area contributed by atoms with Crippen LogP contribution in [0.2, 0.25) is 0 Å².